The van der Waals surface area contributed by atoms with Crippen LogP contribution in [0, 0.1) is 0 Å². The average Bonchev–Trinajstić information content (AvgIpc) is 3.47. The van der Waals surface area contributed by atoms with Crippen LogP contribution in [0.2, 0.25) is 51.4 Å². The highest BCUT2D eigenvalue weighted by molar-refractivity contribution is 6.76. The number of rotatable bonds is 12. The molecule has 0 saturated carbocycles. The number of pyridine rings is 1. The molecule has 0 aliphatic rings. The molecule has 0 aliphatic heterocycles. The Balaban J connectivity index is 1.61. The fraction of sp³-hybridized carbons (Fsp3) is 0.387. The summed E-state index contributed by atoms with van der Waals surface area (Å²) in [7, 11) is -2.39. The number of fused-ring (bicyclic) bond motifs is 2. The molecule has 0 spiro atoms. The summed E-state index contributed by atoms with van der Waals surface area (Å²) in [6.07, 6.45) is 1.83. The fourth-order valence-electron chi connectivity index (χ4n) is 4.67. The summed E-state index contributed by atoms with van der Waals surface area (Å²) >= 11 is 0. The van der Waals surface area contributed by atoms with Crippen molar-refractivity contribution < 1.29 is 9.47 Å². The summed E-state index contributed by atoms with van der Waals surface area (Å²) in [6.45, 7) is 16.5. The van der Waals surface area contributed by atoms with Gasteiger partial charge in [-0.2, -0.15) is 5.10 Å². The number of aromatic nitrogens is 5. The maximum absolute atomic E-state index is 6.26. The summed E-state index contributed by atoms with van der Waals surface area (Å²) < 4.78 is 16.6. The zero-order chi connectivity index (χ0) is 28.3. The molecule has 40 heavy (non-hydrogen) atoms. The van der Waals surface area contributed by atoms with Crippen LogP contribution in [0.3, 0.4) is 0 Å². The highest BCUT2D eigenvalue weighted by Gasteiger charge is 2.23. The second kappa shape index (κ2) is 11.8. The summed E-state index contributed by atoms with van der Waals surface area (Å²) in [5, 5.41) is 6.17. The summed E-state index contributed by atoms with van der Waals surface area (Å²) in [6, 6.07) is 22.8. The topological polar surface area (TPSA) is 67.0 Å². The minimum absolute atomic E-state index is 0.388. The Labute approximate surface area is 239 Å². The standard InChI is InChI=1S/C31H41N5O2Si2/c1-39(2,3)20-18-37-22-35-27-15-8-7-14-26(27)33-31(35)30-29-24(25-13-9-10-17-32-25)12-11-16-28(29)36(34-30)23-38-19-21-40(4,5)6/h7-17H,18-23H2,1-6H3. The van der Waals surface area contributed by atoms with Crippen LogP contribution in [-0.4, -0.2) is 53.7 Å². The lowest BCUT2D eigenvalue weighted by Gasteiger charge is -2.16. The molecule has 9 heteroatoms. The Kier molecular flexibility index (Phi) is 8.37. The van der Waals surface area contributed by atoms with Gasteiger partial charge < -0.3 is 9.47 Å². The SMILES string of the molecule is C[Si](C)(C)CCOCn1nc(-c2nc3ccccc3n2COCC[Si](C)(C)C)c2c(-c3ccccn3)cccc21. The van der Waals surface area contributed by atoms with Crippen molar-refractivity contribution >= 4 is 38.1 Å². The molecular weight excluding hydrogens is 531 g/mol. The lowest BCUT2D eigenvalue weighted by molar-refractivity contribution is 0.0817. The molecule has 3 heterocycles. The maximum Gasteiger partial charge on any atom is 0.164 e. The Bertz CT molecular complexity index is 1580. The number of ether oxygens (including phenoxy) is 2. The van der Waals surface area contributed by atoms with Gasteiger partial charge in [0.15, 0.2) is 5.82 Å². The van der Waals surface area contributed by atoms with E-state index in [4.69, 9.17) is 19.6 Å². The van der Waals surface area contributed by atoms with Crippen LogP contribution in [0.5, 0.6) is 0 Å². The monoisotopic (exact) mass is 571 g/mol. The van der Waals surface area contributed by atoms with Crippen LogP contribution < -0.4 is 0 Å². The van der Waals surface area contributed by atoms with Gasteiger partial charge in [0.25, 0.3) is 0 Å². The molecule has 0 N–H and O–H groups in total. The largest absolute Gasteiger partial charge is 0.361 e. The Hall–Kier alpha value is -3.12. The Morgan fingerprint density at radius 1 is 0.725 bits per heavy atom. The van der Waals surface area contributed by atoms with E-state index in [1.807, 2.05) is 35.1 Å². The molecule has 0 fully saturated rings. The van der Waals surface area contributed by atoms with Crippen molar-refractivity contribution in [3.8, 4) is 22.8 Å². The maximum atomic E-state index is 6.26. The first kappa shape index (κ1) is 28.4. The van der Waals surface area contributed by atoms with Crippen LogP contribution in [0.15, 0.2) is 66.9 Å². The van der Waals surface area contributed by atoms with Gasteiger partial charge in [0.05, 0.1) is 22.2 Å². The van der Waals surface area contributed by atoms with E-state index in [9.17, 15) is 0 Å². The lowest BCUT2D eigenvalue weighted by atomic mass is 10.0. The average molecular weight is 572 g/mol. The van der Waals surface area contributed by atoms with Gasteiger partial charge in [-0.05, 0) is 42.4 Å². The molecule has 0 amide bonds. The fourth-order valence-corrected chi connectivity index (χ4v) is 6.18. The van der Waals surface area contributed by atoms with Crippen LogP contribution in [-0.2, 0) is 22.9 Å². The minimum atomic E-state index is -1.20. The van der Waals surface area contributed by atoms with Gasteiger partial charge in [0.1, 0.15) is 19.2 Å². The van der Waals surface area contributed by atoms with Gasteiger partial charge in [-0.25, -0.2) is 9.67 Å². The number of hydrogen-bond acceptors (Lipinski definition) is 5. The summed E-state index contributed by atoms with van der Waals surface area (Å²) in [5.74, 6) is 0.795. The molecule has 5 rings (SSSR count). The molecule has 0 saturated heterocycles. The third-order valence-corrected chi connectivity index (χ3v) is 10.4. The molecule has 0 radical (unpaired) electrons. The zero-order valence-corrected chi connectivity index (χ0v) is 26.6. The van der Waals surface area contributed by atoms with Crippen molar-refractivity contribution in [2.45, 2.75) is 64.8 Å². The predicted molar refractivity (Wildman–Crippen MR) is 170 cm³/mol. The molecule has 3 aromatic heterocycles. The molecule has 7 nitrogen and oxygen atoms in total. The quantitative estimate of drug-likeness (QED) is 0.113. The van der Waals surface area contributed by atoms with E-state index in [2.05, 4.69) is 85.2 Å². The van der Waals surface area contributed by atoms with Crippen molar-refractivity contribution in [2.75, 3.05) is 13.2 Å². The van der Waals surface area contributed by atoms with E-state index in [-0.39, 0.29) is 0 Å². The van der Waals surface area contributed by atoms with Gasteiger partial charge in [0.2, 0.25) is 0 Å². The highest BCUT2D eigenvalue weighted by Crippen LogP contribution is 2.36. The van der Waals surface area contributed by atoms with Gasteiger partial charge in [0, 0.05) is 46.5 Å². The minimum Gasteiger partial charge on any atom is -0.361 e. The van der Waals surface area contributed by atoms with Crippen molar-refractivity contribution in [1.29, 1.82) is 0 Å². The van der Waals surface area contributed by atoms with E-state index < -0.39 is 16.1 Å². The van der Waals surface area contributed by atoms with Gasteiger partial charge in [-0.15, -0.1) is 0 Å². The van der Waals surface area contributed by atoms with Crippen molar-refractivity contribution in [2.24, 2.45) is 0 Å². The first-order chi connectivity index (χ1) is 19.1. The molecule has 5 aromatic rings. The number of imidazole rings is 1. The lowest BCUT2D eigenvalue weighted by Crippen LogP contribution is -2.22. The third-order valence-electron chi connectivity index (χ3n) is 7.01. The number of hydrogen-bond donors (Lipinski definition) is 0. The molecule has 0 unspecified atom stereocenters. The Morgan fingerprint density at radius 3 is 2.10 bits per heavy atom. The highest BCUT2D eigenvalue weighted by atomic mass is 28.3. The smallest absolute Gasteiger partial charge is 0.164 e. The molecular formula is C31H41N5O2Si2. The van der Waals surface area contributed by atoms with E-state index >= 15 is 0 Å². The van der Waals surface area contributed by atoms with Crippen molar-refractivity contribution in [3.63, 3.8) is 0 Å². The van der Waals surface area contributed by atoms with E-state index in [0.717, 1.165) is 70.0 Å². The van der Waals surface area contributed by atoms with Gasteiger partial charge in [-0.1, -0.05) is 69.6 Å². The van der Waals surface area contributed by atoms with E-state index in [1.165, 1.54) is 0 Å². The Morgan fingerprint density at radius 2 is 1.40 bits per heavy atom. The van der Waals surface area contributed by atoms with Gasteiger partial charge >= 0.3 is 0 Å². The van der Waals surface area contributed by atoms with Crippen LogP contribution >= 0.6 is 0 Å². The second-order valence-electron chi connectivity index (χ2n) is 12.8. The van der Waals surface area contributed by atoms with E-state index in [1.54, 1.807) is 0 Å². The van der Waals surface area contributed by atoms with E-state index in [0.29, 0.717) is 13.5 Å². The first-order valence-electron chi connectivity index (χ1n) is 14.1. The summed E-state index contributed by atoms with van der Waals surface area (Å²) in [5.41, 5.74) is 5.72. The van der Waals surface area contributed by atoms with Gasteiger partial charge in [-0.3, -0.25) is 9.55 Å². The summed E-state index contributed by atoms with van der Waals surface area (Å²) in [4.78, 5) is 9.78. The van der Waals surface area contributed by atoms with Crippen molar-refractivity contribution in [1.82, 2.24) is 24.3 Å². The molecule has 0 aliphatic carbocycles. The molecule has 210 valence electrons. The number of benzene rings is 2. The second-order valence-corrected chi connectivity index (χ2v) is 24.1. The normalized spacial score (nSPS) is 12.6. The van der Waals surface area contributed by atoms with Crippen LogP contribution in [0.25, 0.3) is 44.7 Å². The predicted octanol–water partition coefficient (Wildman–Crippen LogP) is 7.74. The molecule has 0 bridgehead atoms. The number of nitrogens with zero attached hydrogens (tertiary/aromatic N) is 5. The molecule has 0 atom stereocenters. The van der Waals surface area contributed by atoms with Crippen LogP contribution in [0.1, 0.15) is 0 Å². The zero-order valence-electron chi connectivity index (χ0n) is 24.6. The number of para-hydroxylation sites is 2. The van der Waals surface area contributed by atoms with Crippen molar-refractivity contribution in [3.05, 3.63) is 66.9 Å². The van der Waals surface area contributed by atoms with Crippen LogP contribution in [0.4, 0.5) is 0 Å². The first-order valence-corrected chi connectivity index (χ1v) is 21.5. The molecule has 2 aromatic carbocycles. The third kappa shape index (κ3) is 6.60.